The molecule has 0 bridgehead atoms. The van der Waals surface area contributed by atoms with E-state index in [2.05, 4.69) is 467 Å². The van der Waals surface area contributed by atoms with Crippen molar-refractivity contribution in [3.63, 3.8) is 0 Å². The quantitative estimate of drug-likeness (QED) is 0.0495. The molecule has 0 atom stereocenters. The molecule has 0 N–H and O–H groups in total. The van der Waals surface area contributed by atoms with Gasteiger partial charge in [0.05, 0.1) is 0 Å². The minimum Gasteiger partial charge on any atom is -0.366 e. The first-order valence-electron chi connectivity index (χ1n) is 44.9. The van der Waals surface area contributed by atoms with Crippen molar-refractivity contribution in [2.45, 2.75) is 25.7 Å². The predicted octanol–water partition coefficient (Wildman–Crippen LogP) is 24.4. The molecule has 0 radical (unpaired) electrons. The Morgan fingerprint density at radius 3 is 0.684 bits per heavy atom. The van der Waals surface area contributed by atoms with E-state index in [1.54, 1.807) is 0 Å². The summed E-state index contributed by atoms with van der Waals surface area (Å²) in [5.74, 6) is 9.91. The van der Waals surface area contributed by atoms with Gasteiger partial charge in [0.15, 0.2) is 0 Å². The summed E-state index contributed by atoms with van der Waals surface area (Å²) in [6.45, 7) is 0. The Morgan fingerprint density at radius 2 is 0.382 bits per heavy atom. The molecule has 0 saturated heterocycles. The summed E-state index contributed by atoms with van der Waals surface area (Å²) in [6.07, 6.45) is 32.8. The van der Waals surface area contributed by atoms with Crippen LogP contribution in [0.5, 0.6) is 0 Å². The minimum absolute atomic E-state index is 0. The monoisotopic (exact) mass is 2540 g/mol. The number of benzene rings is 20. The zero-order chi connectivity index (χ0) is 89.3. The third-order valence-corrected chi connectivity index (χ3v) is 36.7. The van der Waals surface area contributed by atoms with Crippen molar-refractivity contribution in [1.82, 2.24) is 0 Å². The van der Waals surface area contributed by atoms with Crippen molar-refractivity contribution in [2.75, 3.05) is 0 Å². The van der Waals surface area contributed by atoms with Crippen LogP contribution in [0, 0.1) is 49.4 Å². The summed E-state index contributed by atoms with van der Waals surface area (Å²) in [6, 6.07) is 175. The normalized spacial score (nSPS) is 11.1. The Labute approximate surface area is 869 Å². The van der Waals surface area contributed by atoms with E-state index in [0.717, 1.165) is 47.9 Å². The average Bonchev–Trinajstić information content (AvgIpc) is 1.58. The van der Waals surface area contributed by atoms with E-state index in [0.29, 0.717) is 0 Å². The van der Waals surface area contributed by atoms with Gasteiger partial charge in [0.1, 0.15) is 95.3 Å². The summed E-state index contributed by atoms with van der Waals surface area (Å²) in [7, 11) is -4.92. The van der Waals surface area contributed by atoms with Gasteiger partial charge < -0.3 is 25.7 Å². The first-order valence-corrected chi connectivity index (χ1v) is 50.9. The average molecular weight is 2540 g/mol. The van der Waals surface area contributed by atoms with Crippen LogP contribution >= 0.6 is 31.7 Å². The van der Waals surface area contributed by atoms with Crippen LogP contribution in [0.25, 0.3) is 66.1 Å². The SMILES string of the molecule is [Au+].[Au+].[Au+].[Au+].[C-]#Cc1ccc2c(c1)-c1ccccc1C2.[C-]#Cc1ccc2c(c1)Cc1ccccc1-2.[C-]#Cc1cccc2c1-c1ccccc1C2.[C-]#Cc1cccc2c1-c1ccccc1C2.c1ccc([PH+](c2ccccc2)c2cc3ccccc3cc2[PH+](c2ccccc2)c2ccccc2)cc1.c1ccc([PH+](c2ccccc2)c2cc3ccccc3cc2[PH+](c2ccccc2)c2ccccc2)cc1. The summed E-state index contributed by atoms with van der Waals surface area (Å²) in [5.41, 5.74) is 24.4. The molecule has 8 heteroatoms. The van der Waals surface area contributed by atoms with Crippen molar-refractivity contribution >= 4 is 117 Å². The summed E-state index contributed by atoms with van der Waals surface area (Å²) < 4.78 is 0. The Bertz CT molecular complexity index is 6950. The molecule has 664 valence electrons. The second-order valence-electron chi connectivity index (χ2n) is 33.2. The number of fused-ring (bicyclic) bond motifs is 14. The fraction of sp³-hybridized carbons (Fsp3) is 0.0312. The van der Waals surface area contributed by atoms with Crippen molar-refractivity contribution in [2.24, 2.45) is 0 Å². The fourth-order valence-corrected chi connectivity index (χ4v) is 31.2. The molecular formula is C128H92Au4P4+4. The summed E-state index contributed by atoms with van der Waals surface area (Å²) in [5, 5.41) is 22.6. The molecule has 0 nitrogen and oxygen atoms in total. The topological polar surface area (TPSA) is 0 Å². The molecule has 0 spiro atoms. The van der Waals surface area contributed by atoms with Gasteiger partial charge in [0, 0.05) is 0 Å². The fourth-order valence-electron chi connectivity index (χ4n) is 19.1. The van der Waals surface area contributed by atoms with Crippen molar-refractivity contribution in [3.05, 3.63) is 578 Å². The Hall–Kier alpha value is -12.2. The van der Waals surface area contributed by atoms with Gasteiger partial charge in [-0.2, -0.15) is 0 Å². The maximum atomic E-state index is 7.30. The third kappa shape index (κ3) is 22.1. The molecule has 20 aromatic carbocycles. The van der Waals surface area contributed by atoms with Crippen molar-refractivity contribution in [3.8, 4) is 68.2 Å². The molecule has 4 aliphatic rings. The van der Waals surface area contributed by atoms with Crippen LogP contribution in [0.1, 0.15) is 66.8 Å². The molecule has 0 aliphatic heterocycles. The third-order valence-electron chi connectivity index (χ3n) is 25.1. The van der Waals surface area contributed by atoms with Crippen LogP contribution in [0.2, 0.25) is 0 Å². The van der Waals surface area contributed by atoms with Gasteiger partial charge in [-0.15, -0.1) is 58.7 Å². The zero-order valence-electron chi connectivity index (χ0n) is 74.2. The van der Waals surface area contributed by atoms with E-state index < -0.39 is 31.7 Å². The number of rotatable bonds is 12. The van der Waals surface area contributed by atoms with Crippen LogP contribution in [-0.2, 0) is 115 Å². The molecule has 0 aromatic heterocycles. The standard InChI is InChI=1S/2C34H26P2.4C15H9.4Au/c2*1-5-17-29(18-6-1)35(30-19-7-2-8-20-30)33-25-27-15-13-14-16-28(27)26-34(33)36(31-21-9-3-10-22-31)32-23-11-4-12-24-32;2*1-2-11-7-5-8-13-10-12-6-3-4-9-14(12)15(11)13;1-2-11-7-8-15-13(9-11)10-12-5-3-4-6-14(12)15;1-2-11-7-8-13-10-12-5-3-4-6-14(12)15(13)9-11;;;;/h2*1-26H;4*3-9H,10H2;;;;/q;;4*-1;4*+1/p+4. The smallest absolute Gasteiger partial charge is 0.366 e. The summed E-state index contributed by atoms with van der Waals surface area (Å²) >= 11 is 0. The molecule has 4 aliphatic carbocycles. The van der Waals surface area contributed by atoms with Gasteiger partial charge >= 0.3 is 89.5 Å². The molecule has 0 fully saturated rings. The molecule has 0 unspecified atom stereocenters. The van der Waals surface area contributed by atoms with Crippen molar-refractivity contribution in [1.29, 1.82) is 0 Å². The van der Waals surface area contributed by atoms with E-state index in [9.17, 15) is 0 Å². The van der Waals surface area contributed by atoms with Gasteiger partial charge in [0.2, 0.25) is 0 Å². The van der Waals surface area contributed by atoms with Crippen LogP contribution in [0.3, 0.4) is 0 Å². The summed E-state index contributed by atoms with van der Waals surface area (Å²) in [4.78, 5) is 0. The Balaban J connectivity index is 0.000000130. The Morgan fingerprint density at radius 1 is 0.162 bits per heavy atom. The van der Waals surface area contributed by atoms with Gasteiger partial charge in [-0.25, -0.2) is 0 Å². The van der Waals surface area contributed by atoms with Gasteiger partial charge in [-0.3, -0.25) is 23.7 Å². The van der Waals surface area contributed by atoms with E-state index in [1.807, 2.05) is 42.5 Å². The molecule has 0 heterocycles. The van der Waals surface area contributed by atoms with Crippen LogP contribution in [0.15, 0.2) is 485 Å². The second kappa shape index (κ2) is 47.5. The zero-order valence-corrected chi connectivity index (χ0v) is 86.9. The maximum absolute atomic E-state index is 7.30. The number of hydrogen-bond acceptors (Lipinski definition) is 0. The molecule has 136 heavy (non-hydrogen) atoms. The van der Waals surface area contributed by atoms with Crippen molar-refractivity contribution < 1.29 is 89.5 Å². The molecular weight excluding hydrogens is 2450 g/mol. The maximum Gasteiger partial charge on any atom is 1.00 e. The first kappa shape index (κ1) is 98.4. The van der Waals surface area contributed by atoms with E-state index in [-0.39, 0.29) is 89.5 Å². The molecule has 0 saturated carbocycles. The minimum atomic E-state index is -1.23. The van der Waals surface area contributed by atoms with Gasteiger partial charge in [-0.1, -0.05) is 355 Å². The van der Waals surface area contributed by atoms with E-state index in [1.165, 1.54) is 174 Å². The van der Waals surface area contributed by atoms with E-state index >= 15 is 0 Å². The second-order valence-corrected chi connectivity index (χ2v) is 43.0. The molecule has 0 amide bonds. The van der Waals surface area contributed by atoms with Gasteiger partial charge in [-0.05, 0) is 230 Å². The molecule has 24 rings (SSSR count). The van der Waals surface area contributed by atoms with Gasteiger partial charge in [0.25, 0.3) is 0 Å². The van der Waals surface area contributed by atoms with Crippen LogP contribution in [0.4, 0.5) is 0 Å². The van der Waals surface area contributed by atoms with Crippen LogP contribution in [-0.4, -0.2) is 0 Å². The predicted molar refractivity (Wildman–Crippen MR) is 572 cm³/mol. The van der Waals surface area contributed by atoms with E-state index in [4.69, 9.17) is 25.7 Å². The number of hydrogen-bond donors (Lipinski definition) is 0. The molecule has 20 aromatic rings. The largest absolute Gasteiger partial charge is 1.00 e. The van der Waals surface area contributed by atoms with Crippen LogP contribution < -0.4 is 63.7 Å². The Kier molecular flexibility index (Phi) is 34.4. The first-order chi connectivity index (χ1) is 65.3.